The normalized spacial score (nSPS) is 19.6. The number of nitrogens with zero attached hydrogens (tertiary/aromatic N) is 2. The van der Waals surface area contributed by atoms with Gasteiger partial charge >= 0.3 is 0 Å². The van der Waals surface area contributed by atoms with E-state index in [1.807, 2.05) is 36.6 Å². The molecule has 0 saturated carbocycles. The Morgan fingerprint density at radius 2 is 2.09 bits per heavy atom. The van der Waals surface area contributed by atoms with Crippen molar-refractivity contribution in [3.8, 4) is 5.69 Å². The van der Waals surface area contributed by atoms with E-state index in [9.17, 15) is 13.2 Å². The monoisotopic (exact) mass is 351 g/mol. The number of imidazole rings is 1. The smallest absolute Gasteiger partial charge is 0.270 e. The fourth-order valence-electron chi connectivity index (χ4n) is 2.63. The van der Waals surface area contributed by atoms with E-state index < -0.39 is 9.84 Å². The molecule has 0 aliphatic carbocycles. The summed E-state index contributed by atoms with van der Waals surface area (Å²) in [5, 5.41) is 3.52. The van der Waals surface area contributed by atoms with Gasteiger partial charge in [-0.1, -0.05) is 30.0 Å². The maximum Gasteiger partial charge on any atom is 0.270 e. The highest BCUT2D eigenvalue weighted by molar-refractivity contribution is 7.98. The molecule has 0 unspecified atom stereocenters. The molecule has 23 heavy (non-hydrogen) atoms. The van der Waals surface area contributed by atoms with Gasteiger partial charge in [0.2, 0.25) is 0 Å². The van der Waals surface area contributed by atoms with Crippen molar-refractivity contribution in [1.29, 1.82) is 0 Å². The number of aromatic nitrogens is 2. The zero-order valence-corrected chi connectivity index (χ0v) is 14.2. The number of thioether (sulfide) groups is 1. The molecule has 1 aromatic heterocycles. The predicted molar refractivity (Wildman–Crippen MR) is 89.9 cm³/mol. The fraction of sp³-hybridized carbons (Fsp3) is 0.333. The topological polar surface area (TPSA) is 81.1 Å². The van der Waals surface area contributed by atoms with Crippen molar-refractivity contribution < 1.29 is 13.2 Å². The second-order valence-electron chi connectivity index (χ2n) is 5.37. The fourth-order valence-corrected chi connectivity index (χ4v) is 4.85. The van der Waals surface area contributed by atoms with Crippen LogP contribution < -0.4 is 5.32 Å². The van der Waals surface area contributed by atoms with Crippen molar-refractivity contribution in [2.75, 3.05) is 17.8 Å². The van der Waals surface area contributed by atoms with Gasteiger partial charge in [-0.25, -0.2) is 13.4 Å². The molecule has 1 amide bonds. The standard InChI is InChI=1S/C15H17N3O3S2/c1-22-15-16-9-13(18(15)12-5-3-2-4-6-12)14(19)17-11-7-8-23(20,21)10-11/h2-6,9,11H,7-8,10H2,1H3,(H,17,19)/t11-/m0/s1. The number of carbonyl (C=O) groups is 1. The third kappa shape index (κ3) is 3.42. The van der Waals surface area contributed by atoms with Crippen LogP contribution >= 0.6 is 11.8 Å². The number of hydrogen-bond donors (Lipinski definition) is 1. The Balaban J connectivity index is 1.88. The lowest BCUT2D eigenvalue weighted by Gasteiger charge is -2.13. The van der Waals surface area contributed by atoms with E-state index in [0.717, 1.165) is 5.69 Å². The van der Waals surface area contributed by atoms with E-state index in [-0.39, 0.29) is 23.5 Å². The van der Waals surface area contributed by atoms with E-state index in [1.54, 1.807) is 4.57 Å². The highest BCUT2D eigenvalue weighted by Gasteiger charge is 2.30. The third-order valence-electron chi connectivity index (χ3n) is 3.73. The molecule has 1 aliphatic rings. The molecule has 2 aromatic rings. The number of nitrogens with one attached hydrogen (secondary N) is 1. The largest absolute Gasteiger partial charge is 0.347 e. The summed E-state index contributed by atoms with van der Waals surface area (Å²) in [6.07, 6.45) is 3.88. The number of rotatable bonds is 4. The van der Waals surface area contributed by atoms with E-state index >= 15 is 0 Å². The minimum Gasteiger partial charge on any atom is -0.347 e. The van der Waals surface area contributed by atoms with Crippen LogP contribution in [0.3, 0.4) is 0 Å². The first kappa shape index (κ1) is 16.1. The van der Waals surface area contributed by atoms with Crippen LogP contribution in [0.4, 0.5) is 0 Å². The van der Waals surface area contributed by atoms with Crippen LogP contribution in [-0.4, -0.2) is 47.7 Å². The van der Waals surface area contributed by atoms with Gasteiger partial charge in [-0.05, 0) is 24.8 Å². The maximum absolute atomic E-state index is 12.6. The molecule has 6 nitrogen and oxygen atoms in total. The Morgan fingerprint density at radius 1 is 1.35 bits per heavy atom. The Bertz CT molecular complexity index is 816. The lowest BCUT2D eigenvalue weighted by Crippen LogP contribution is -2.36. The number of hydrogen-bond acceptors (Lipinski definition) is 5. The average Bonchev–Trinajstić information content (AvgIpc) is 3.11. The number of sulfone groups is 1. The number of carbonyl (C=O) groups excluding carboxylic acids is 1. The van der Waals surface area contributed by atoms with Crippen LogP contribution in [0.1, 0.15) is 16.9 Å². The average molecular weight is 351 g/mol. The zero-order chi connectivity index (χ0) is 16.4. The van der Waals surface area contributed by atoms with Crippen LogP contribution in [0.2, 0.25) is 0 Å². The molecule has 1 N–H and O–H groups in total. The summed E-state index contributed by atoms with van der Waals surface area (Å²) in [7, 11) is -3.03. The summed E-state index contributed by atoms with van der Waals surface area (Å²) in [4.78, 5) is 16.8. The summed E-state index contributed by atoms with van der Waals surface area (Å²) >= 11 is 1.45. The maximum atomic E-state index is 12.6. The molecule has 0 radical (unpaired) electrons. The minimum absolute atomic E-state index is 0.00754. The van der Waals surface area contributed by atoms with Crippen molar-refractivity contribution in [2.24, 2.45) is 0 Å². The van der Waals surface area contributed by atoms with E-state index in [0.29, 0.717) is 17.3 Å². The van der Waals surface area contributed by atoms with E-state index in [2.05, 4.69) is 10.3 Å². The molecule has 0 spiro atoms. The summed E-state index contributed by atoms with van der Waals surface area (Å²) < 4.78 is 24.8. The highest BCUT2D eigenvalue weighted by atomic mass is 32.2. The molecule has 0 bridgehead atoms. The van der Waals surface area contributed by atoms with Crippen molar-refractivity contribution in [1.82, 2.24) is 14.9 Å². The van der Waals surface area contributed by atoms with Gasteiger partial charge in [0.15, 0.2) is 15.0 Å². The summed E-state index contributed by atoms with van der Waals surface area (Å²) in [6.45, 7) is 0. The van der Waals surface area contributed by atoms with Crippen LogP contribution in [-0.2, 0) is 9.84 Å². The van der Waals surface area contributed by atoms with E-state index in [4.69, 9.17) is 0 Å². The van der Waals surface area contributed by atoms with Crippen molar-refractivity contribution in [3.63, 3.8) is 0 Å². The highest BCUT2D eigenvalue weighted by Crippen LogP contribution is 2.22. The molecule has 8 heteroatoms. The van der Waals surface area contributed by atoms with E-state index in [1.165, 1.54) is 18.0 Å². The molecular weight excluding hydrogens is 334 g/mol. The van der Waals surface area contributed by atoms with Crippen molar-refractivity contribution in [3.05, 3.63) is 42.2 Å². The minimum atomic E-state index is -3.03. The Labute approximate surface area is 139 Å². The lowest BCUT2D eigenvalue weighted by atomic mass is 10.2. The molecule has 1 fully saturated rings. The molecule has 2 heterocycles. The number of para-hydroxylation sites is 1. The second-order valence-corrected chi connectivity index (χ2v) is 8.38. The molecule has 3 rings (SSSR count). The second kappa shape index (κ2) is 6.37. The molecule has 1 aliphatic heterocycles. The predicted octanol–water partition coefficient (Wildman–Crippen LogP) is 1.51. The van der Waals surface area contributed by atoms with Gasteiger partial charge in [-0.15, -0.1) is 0 Å². The summed E-state index contributed by atoms with van der Waals surface area (Å²) in [6, 6.07) is 9.16. The molecular formula is C15H17N3O3S2. The Hall–Kier alpha value is -1.80. The Kier molecular flexibility index (Phi) is 4.45. The van der Waals surface area contributed by atoms with Gasteiger partial charge in [-0.3, -0.25) is 9.36 Å². The molecule has 122 valence electrons. The summed E-state index contributed by atoms with van der Waals surface area (Å²) in [5.74, 6) is -0.164. The molecule has 1 aromatic carbocycles. The molecule has 1 atom stereocenters. The number of amides is 1. The zero-order valence-electron chi connectivity index (χ0n) is 12.6. The van der Waals surface area contributed by atoms with Crippen molar-refractivity contribution in [2.45, 2.75) is 17.6 Å². The first-order valence-corrected chi connectivity index (χ1v) is 10.2. The quantitative estimate of drug-likeness (QED) is 0.845. The van der Waals surface area contributed by atoms with Gasteiger partial charge in [-0.2, -0.15) is 0 Å². The third-order valence-corrected chi connectivity index (χ3v) is 6.15. The van der Waals surface area contributed by atoms with Gasteiger partial charge in [0, 0.05) is 11.7 Å². The first-order chi connectivity index (χ1) is 11.0. The first-order valence-electron chi connectivity index (χ1n) is 7.18. The van der Waals surface area contributed by atoms with Crippen LogP contribution in [0, 0.1) is 0 Å². The summed E-state index contributed by atoms with van der Waals surface area (Å²) in [5.41, 5.74) is 1.25. The Morgan fingerprint density at radius 3 is 2.70 bits per heavy atom. The molecule has 1 saturated heterocycles. The van der Waals surface area contributed by atoms with Gasteiger partial charge < -0.3 is 5.32 Å². The van der Waals surface area contributed by atoms with Crippen LogP contribution in [0.5, 0.6) is 0 Å². The van der Waals surface area contributed by atoms with Gasteiger partial charge in [0.1, 0.15) is 5.69 Å². The SMILES string of the molecule is CSc1ncc(C(=O)N[C@H]2CCS(=O)(=O)C2)n1-c1ccccc1. The van der Waals surface area contributed by atoms with Crippen molar-refractivity contribution >= 4 is 27.5 Å². The van der Waals surface area contributed by atoms with Crippen LogP contribution in [0.15, 0.2) is 41.7 Å². The van der Waals surface area contributed by atoms with Gasteiger partial charge in [0.05, 0.1) is 17.7 Å². The van der Waals surface area contributed by atoms with Gasteiger partial charge in [0.25, 0.3) is 5.91 Å². The number of benzene rings is 1. The van der Waals surface area contributed by atoms with Crippen LogP contribution in [0.25, 0.3) is 5.69 Å². The lowest BCUT2D eigenvalue weighted by molar-refractivity contribution is 0.0933.